The molecule has 0 atom stereocenters. The number of rotatable bonds is 4. The summed E-state index contributed by atoms with van der Waals surface area (Å²) >= 11 is 23.7. The highest BCUT2D eigenvalue weighted by atomic mass is 35.5. The lowest BCUT2D eigenvalue weighted by molar-refractivity contribution is 0.690. The summed E-state index contributed by atoms with van der Waals surface area (Å²) in [6.07, 6.45) is 1.73. The molecule has 1 aromatic heterocycles. The lowest BCUT2D eigenvalue weighted by Gasteiger charge is -2.12. The van der Waals surface area contributed by atoms with Gasteiger partial charge in [-0.15, -0.1) is 0 Å². The number of aromatic nitrogens is 2. The van der Waals surface area contributed by atoms with Crippen molar-refractivity contribution in [1.29, 1.82) is 0 Å². The molecule has 140 valence electrons. The van der Waals surface area contributed by atoms with Gasteiger partial charge >= 0.3 is 0 Å². The summed E-state index contributed by atoms with van der Waals surface area (Å²) < 4.78 is 1.71. The van der Waals surface area contributed by atoms with Crippen LogP contribution in [0.3, 0.4) is 0 Å². The molecule has 0 aliphatic carbocycles. The lowest BCUT2D eigenvalue weighted by Crippen LogP contribution is -2.20. The summed E-state index contributed by atoms with van der Waals surface area (Å²) in [6, 6.07) is 11.6. The Bertz CT molecular complexity index is 1000. The van der Waals surface area contributed by atoms with Crippen LogP contribution in [-0.2, 0) is 6.54 Å². The van der Waals surface area contributed by atoms with Crippen molar-refractivity contribution >= 4 is 63.6 Å². The van der Waals surface area contributed by atoms with Gasteiger partial charge in [-0.25, -0.2) is 0 Å². The summed E-state index contributed by atoms with van der Waals surface area (Å²) in [6.45, 7) is 4.56. The number of halogens is 3. The largest absolute Gasteiger partial charge is 0.332 e. The van der Waals surface area contributed by atoms with E-state index in [0.717, 1.165) is 22.4 Å². The molecule has 0 saturated heterocycles. The van der Waals surface area contributed by atoms with Crippen LogP contribution in [0, 0.1) is 13.8 Å². The van der Waals surface area contributed by atoms with Crippen LogP contribution in [0.1, 0.15) is 16.7 Å². The molecule has 1 heterocycles. The molecule has 8 heteroatoms. The Morgan fingerprint density at radius 3 is 2.52 bits per heavy atom. The van der Waals surface area contributed by atoms with Crippen molar-refractivity contribution in [2.45, 2.75) is 20.4 Å². The Labute approximate surface area is 178 Å². The Morgan fingerprint density at radius 2 is 1.78 bits per heavy atom. The van der Waals surface area contributed by atoms with Gasteiger partial charge in [-0.1, -0.05) is 53.0 Å². The highest BCUT2D eigenvalue weighted by molar-refractivity contribution is 7.80. The molecule has 0 amide bonds. The zero-order valence-electron chi connectivity index (χ0n) is 14.7. The van der Waals surface area contributed by atoms with E-state index >= 15 is 0 Å². The summed E-state index contributed by atoms with van der Waals surface area (Å²) in [5.74, 6) is 0.486. The zero-order valence-corrected chi connectivity index (χ0v) is 17.8. The molecule has 0 aliphatic heterocycles. The molecule has 0 aliphatic rings. The fraction of sp³-hybridized carbons (Fsp3) is 0.158. The number of hydrogen-bond donors (Lipinski definition) is 2. The molecule has 3 aromatic rings. The molecule has 0 unspecified atom stereocenters. The van der Waals surface area contributed by atoms with Crippen molar-refractivity contribution in [3.63, 3.8) is 0 Å². The number of anilines is 2. The van der Waals surface area contributed by atoms with Gasteiger partial charge in [0.05, 0.1) is 16.6 Å². The molecule has 0 fully saturated rings. The van der Waals surface area contributed by atoms with Crippen LogP contribution in [0.15, 0.2) is 42.6 Å². The lowest BCUT2D eigenvalue weighted by atomic mass is 10.1. The van der Waals surface area contributed by atoms with E-state index in [1.165, 1.54) is 0 Å². The first kappa shape index (κ1) is 20.0. The van der Waals surface area contributed by atoms with Crippen molar-refractivity contribution in [1.82, 2.24) is 9.78 Å². The molecule has 2 N–H and O–H groups in total. The van der Waals surface area contributed by atoms with E-state index in [1.807, 2.05) is 32.0 Å². The molecule has 4 nitrogen and oxygen atoms in total. The van der Waals surface area contributed by atoms with E-state index < -0.39 is 0 Å². The minimum Gasteiger partial charge on any atom is -0.332 e. The van der Waals surface area contributed by atoms with Gasteiger partial charge < -0.3 is 10.6 Å². The second kappa shape index (κ2) is 8.48. The summed E-state index contributed by atoms with van der Waals surface area (Å²) in [4.78, 5) is 0. The quantitative estimate of drug-likeness (QED) is 0.467. The number of nitrogens with one attached hydrogen (secondary N) is 2. The van der Waals surface area contributed by atoms with Gasteiger partial charge in [-0.2, -0.15) is 5.10 Å². The van der Waals surface area contributed by atoms with Crippen LogP contribution in [-0.4, -0.2) is 14.9 Å². The molecular weight excluding hydrogens is 423 g/mol. The topological polar surface area (TPSA) is 41.9 Å². The number of benzene rings is 2. The maximum Gasteiger partial charge on any atom is 0.176 e. The van der Waals surface area contributed by atoms with E-state index in [4.69, 9.17) is 47.0 Å². The first-order valence-electron chi connectivity index (χ1n) is 8.14. The molecule has 0 spiro atoms. The van der Waals surface area contributed by atoms with Gasteiger partial charge in [0.1, 0.15) is 5.02 Å². The predicted octanol–water partition coefficient (Wildman–Crippen LogP) is 6.32. The number of nitrogens with zero attached hydrogens (tertiary/aromatic N) is 2. The molecule has 0 radical (unpaired) electrons. The van der Waals surface area contributed by atoms with Gasteiger partial charge in [-0.05, 0) is 61.0 Å². The fourth-order valence-corrected chi connectivity index (χ4v) is 3.24. The van der Waals surface area contributed by atoms with Crippen LogP contribution in [0.5, 0.6) is 0 Å². The smallest absolute Gasteiger partial charge is 0.176 e. The highest BCUT2D eigenvalue weighted by Crippen LogP contribution is 2.25. The molecule has 3 rings (SSSR count). The Kier molecular flexibility index (Phi) is 6.27. The SMILES string of the molecule is Cc1ccc(C)c(NC(=S)Nc2nn(Cc3ccc(Cl)c(Cl)c3)cc2Cl)c1. The molecular formula is C19H17Cl3N4S. The first-order valence-corrected chi connectivity index (χ1v) is 9.68. The van der Waals surface area contributed by atoms with Crippen LogP contribution >= 0.6 is 47.0 Å². The Balaban J connectivity index is 1.69. The number of hydrogen-bond acceptors (Lipinski definition) is 2. The number of aryl methyl sites for hydroxylation is 2. The van der Waals surface area contributed by atoms with Crippen LogP contribution in [0.25, 0.3) is 0 Å². The van der Waals surface area contributed by atoms with Crippen molar-refractivity contribution in [3.8, 4) is 0 Å². The van der Waals surface area contributed by atoms with Gasteiger partial charge in [-0.3, -0.25) is 4.68 Å². The minimum atomic E-state index is 0.422. The monoisotopic (exact) mass is 438 g/mol. The van der Waals surface area contributed by atoms with E-state index in [0.29, 0.717) is 32.5 Å². The van der Waals surface area contributed by atoms with E-state index in [1.54, 1.807) is 23.0 Å². The number of thiocarbonyl (C=S) groups is 1. The third kappa shape index (κ3) is 5.14. The van der Waals surface area contributed by atoms with Gasteiger partial charge in [0.2, 0.25) is 0 Å². The Hall–Kier alpha value is -1.79. The summed E-state index contributed by atoms with van der Waals surface area (Å²) in [5, 5.41) is 12.6. The van der Waals surface area contributed by atoms with Crippen LogP contribution < -0.4 is 10.6 Å². The van der Waals surface area contributed by atoms with Gasteiger partial charge in [0.15, 0.2) is 10.9 Å². The van der Waals surface area contributed by atoms with Crippen molar-refractivity contribution in [2.24, 2.45) is 0 Å². The third-order valence-corrected chi connectivity index (χ3v) is 5.14. The van der Waals surface area contributed by atoms with E-state index in [9.17, 15) is 0 Å². The Morgan fingerprint density at radius 1 is 1.00 bits per heavy atom. The molecule has 0 saturated carbocycles. The standard InChI is InChI=1S/C19H17Cl3N4S/c1-11-3-4-12(2)17(7-11)23-19(27)24-18-16(22)10-26(25-18)9-13-5-6-14(20)15(21)8-13/h3-8,10H,9H2,1-2H3,(H2,23,24,25,27). The molecule has 2 aromatic carbocycles. The summed E-state index contributed by atoms with van der Waals surface area (Å²) in [5.41, 5.74) is 4.15. The minimum absolute atomic E-state index is 0.422. The van der Waals surface area contributed by atoms with Gasteiger partial charge in [0, 0.05) is 11.9 Å². The van der Waals surface area contributed by atoms with Crippen molar-refractivity contribution in [3.05, 3.63) is 74.4 Å². The van der Waals surface area contributed by atoms with E-state index in [-0.39, 0.29) is 0 Å². The second-order valence-electron chi connectivity index (χ2n) is 6.17. The van der Waals surface area contributed by atoms with Crippen LogP contribution in [0.2, 0.25) is 15.1 Å². The molecule has 0 bridgehead atoms. The fourth-order valence-electron chi connectivity index (χ4n) is 2.52. The van der Waals surface area contributed by atoms with Crippen LogP contribution in [0.4, 0.5) is 11.5 Å². The average molecular weight is 440 g/mol. The third-order valence-electron chi connectivity index (χ3n) is 3.92. The van der Waals surface area contributed by atoms with Crippen molar-refractivity contribution < 1.29 is 0 Å². The zero-order chi connectivity index (χ0) is 19.6. The first-order chi connectivity index (χ1) is 12.8. The maximum atomic E-state index is 6.29. The maximum absolute atomic E-state index is 6.29. The van der Waals surface area contributed by atoms with Gasteiger partial charge in [0.25, 0.3) is 0 Å². The second-order valence-corrected chi connectivity index (χ2v) is 7.80. The normalized spacial score (nSPS) is 10.7. The highest BCUT2D eigenvalue weighted by Gasteiger charge is 2.10. The molecule has 27 heavy (non-hydrogen) atoms. The predicted molar refractivity (Wildman–Crippen MR) is 119 cm³/mol. The average Bonchev–Trinajstić information content (AvgIpc) is 2.93. The summed E-state index contributed by atoms with van der Waals surface area (Å²) in [7, 11) is 0. The van der Waals surface area contributed by atoms with E-state index in [2.05, 4.69) is 21.8 Å². The van der Waals surface area contributed by atoms with Crippen molar-refractivity contribution in [2.75, 3.05) is 10.6 Å².